The highest BCUT2D eigenvalue weighted by Gasteiger charge is 2.29. The monoisotopic (exact) mass is 260 g/mol. The van der Waals surface area contributed by atoms with Crippen LogP contribution in [0, 0.1) is 0 Å². The number of carboxylic acid groups (broad SMARTS) is 1. The molecule has 1 rings (SSSR count). The van der Waals surface area contributed by atoms with Gasteiger partial charge in [-0.15, -0.1) is 0 Å². The topological polar surface area (TPSA) is 96.9 Å². The number of nitrogens with one attached hydrogen (secondary N) is 2. The number of rotatable bonds is 5. The molecule has 0 aromatic carbocycles. The van der Waals surface area contributed by atoms with Crippen LogP contribution in [0.15, 0.2) is 0 Å². The van der Waals surface area contributed by atoms with E-state index in [9.17, 15) is 9.59 Å². The van der Waals surface area contributed by atoms with Gasteiger partial charge in [-0.1, -0.05) is 0 Å². The molecule has 0 aromatic rings. The van der Waals surface area contributed by atoms with Gasteiger partial charge in [-0.2, -0.15) is 0 Å². The van der Waals surface area contributed by atoms with Crippen LogP contribution in [0.2, 0.25) is 0 Å². The van der Waals surface area contributed by atoms with Crippen LogP contribution in [0.3, 0.4) is 0 Å². The van der Waals surface area contributed by atoms with Crippen LogP contribution in [-0.4, -0.2) is 55.6 Å². The molecule has 0 aliphatic carbocycles. The minimum Gasteiger partial charge on any atom is -0.479 e. The van der Waals surface area contributed by atoms with Crippen molar-refractivity contribution in [3.8, 4) is 0 Å². The van der Waals surface area contributed by atoms with Crippen LogP contribution in [-0.2, 0) is 14.3 Å². The van der Waals surface area contributed by atoms with Crippen LogP contribution < -0.4 is 10.6 Å². The summed E-state index contributed by atoms with van der Waals surface area (Å²) in [4.78, 5) is 22.3. The molecule has 2 unspecified atom stereocenters. The Bertz CT molecular complexity index is 302. The number of carbonyl (C=O) groups is 2. The molecule has 1 heterocycles. The van der Waals surface area contributed by atoms with Crippen molar-refractivity contribution in [1.82, 2.24) is 10.6 Å². The molecule has 1 fully saturated rings. The van der Waals surface area contributed by atoms with Gasteiger partial charge in [0.2, 0.25) is 0 Å². The van der Waals surface area contributed by atoms with Crippen molar-refractivity contribution >= 4 is 12.0 Å². The highest BCUT2D eigenvalue weighted by Crippen LogP contribution is 2.17. The predicted molar refractivity (Wildman–Crippen MR) is 63.4 cm³/mol. The zero-order valence-corrected chi connectivity index (χ0v) is 10.7. The molecule has 0 radical (unpaired) electrons. The Morgan fingerprint density at radius 1 is 1.56 bits per heavy atom. The Hall–Kier alpha value is -1.34. The molecule has 0 saturated carbocycles. The summed E-state index contributed by atoms with van der Waals surface area (Å²) in [6.07, 6.45) is 0.700. The number of aliphatic carboxylic acids is 1. The third kappa shape index (κ3) is 4.50. The van der Waals surface area contributed by atoms with E-state index in [0.717, 1.165) is 12.8 Å². The number of carboxylic acids is 1. The molecule has 7 nitrogen and oxygen atoms in total. The fourth-order valence-electron chi connectivity index (χ4n) is 1.81. The minimum atomic E-state index is -1.11. The summed E-state index contributed by atoms with van der Waals surface area (Å²) >= 11 is 0. The van der Waals surface area contributed by atoms with E-state index in [1.807, 2.05) is 6.92 Å². The fraction of sp³-hybridized carbons (Fsp3) is 0.818. The summed E-state index contributed by atoms with van der Waals surface area (Å²) in [6, 6.07) is -0.411. The lowest BCUT2D eigenvalue weighted by Gasteiger charge is -2.34. The van der Waals surface area contributed by atoms with Crippen LogP contribution in [0.4, 0.5) is 4.79 Å². The van der Waals surface area contributed by atoms with Gasteiger partial charge in [-0.05, 0) is 19.8 Å². The number of amides is 2. The van der Waals surface area contributed by atoms with Crippen molar-refractivity contribution in [2.24, 2.45) is 0 Å². The zero-order valence-electron chi connectivity index (χ0n) is 10.7. The lowest BCUT2D eigenvalue weighted by Crippen LogP contribution is -2.55. The molecule has 104 valence electrons. The van der Waals surface area contributed by atoms with Crippen molar-refractivity contribution in [3.05, 3.63) is 0 Å². The van der Waals surface area contributed by atoms with Crippen LogP contribution in [0.1, 0.15) is 19.8 Å². The number of urea groups is 1. The summed E-state index contributed by atoms with van der Waals surface area (Å²) in [5.74, 6) is -1.11. The average molecular weight is 260 g/mol. The zero-order chi connectivity index (χ0) is 13.6. The van der Waals surface area contributed by atoms with E-state index in [4.69, 9.17) is 14.6 Å². The van der Waals surface area contributed by atoms with Gasteiger partial charge in [0.25, 0.3) is 0 Å². The smallest absolute Gasteiger partial charge is 0.334 e. The molecular formula is C11H20N2O5. The normalized spacial score (nSPS) is 25.2. The van der Waals surface area contributed by atoms with E-state index in [1.165, 1.54) is 7.11 Å². The Morgan fingerprint density at radius 2 is 2.28 bits per heavy atom. The van der Waals surface area contributed by atoms with Crippen molar-refractivity contribution in [1.29, 1.82) is 0 Å². The lowest BCUT2D eigenvalue weighted by molar-refractivity contribution is -0.147. The molecule has 1 saturated heterocycles. The van der Waals surface area contributed by atoms with E-state index in [0.29, 0.717) is 13.2 Å². The average Bonchev–Trinajstić information content (AvgIpc) is 2.29. The summed E-state index contributed by atoms with van der Waals surface area (Å²) in [7, 11) is 1.29. The standard InChI is InChI=1S/C11H20N2O5/c1-11(4-3-5-18-7-11)13-10(16)12-6-8(17-2)9(14)15/h8H,3-7H2,1-2H3,(H,14,15)(H2,12,13,16). The number of ether oxygens (including phenoxy) is 2. The Kier molecular flexibility index (Phi) is 5.36. The van der Waals surface area contributed by atoms with Crippen LogP contribution in [0.5, 0.6) is 0 Å². The number of hydrogen-bond acceptors (Lipinski definition) is 4. The van der Waals surface area contributed by atoms with E-state index in [-0.39, 0.29) is 6.54 Å². The van der Waals surface area contributed by atoms with Crippen LogP contribution in [0.25, 0.3) is 0 Å². The second kappa shape index (κ2) is 6.55. The summed E-state index contributed by atoms with van der Waals surface area (Å²) in [6.45, 7) is 3.00. The fourth-order valence-corrected chi connectivity index (χ4v) is 1.81. The maximum absolute atomic E-state index is 11.6. The molecule has 2 amide bonds. The Morgan fingerprint density at radius 3 is 2.78 bits per heavy atom. The second-order valence-corrected chi connectivity index (χ2v) is 4.61. The summed E-state index contributed by atoms with van der Waals surface area (Å²) in [5, 5.41) is 14.0. The van der Waals surface area contributed by atoms with Crippen molar-refractivity contribution in [3.63, 3.8) is 0 Å². The number of hydrogen-bond donors (Lipinski definition) is 3. The van der Waals surface area contributed by atoms with Gasteiger partial charge in [-0.25, -0.2) is 9.59 Å². The highest BCUT2D eigenvalue weighted by atomic mass is 16.5. The third-order valence-electron chi connectivity index (χ3n) is 2.86. The molecule has 0 spiro atoms. The molecule has 2 atom stereocenters. The van der Waals surface area contributed by atoms with Gasteiger partial charge in [0.05, 0.1) is 18.7 Å². The van der Waals surface area contributed by atoms with E-state index in [1.54, 1.807) is 0 Å². The molecule has 0 aromatic heterocycles. The molecular weight excluding hydrogens is 240 g/mol. The van der Waals surface area contributed by atoms with Gasteiger partial charge in [-0.3, -0.25) is 0 Å². The maximum Gasteiger partial charge on any atom is 0.334 e. The molecule has 1 aliphatic rings. The predicted octanol–water partition coefficient (Wildman–Crippen LogP) is -0.0457. The molecule has 3 N–H and O–H groups in total. The third-order valence-corrected chi connectivity index (χ3v) is 2.86. The van der Waals surface area contributed by atoms with Gasteiger partial charge >= 0.3 is 12.0 Å². The lowest BCUT2D eigenvalue weighted by atomic mass is 9.95. The second-order valence-electron chi connectivity index (χ2n) is 4.61. The van der Waals surface area contributed by atoms with Gasteiger partial charge < -0.3 is 25.2 Å². The van der Waals surface area contributed by atoms with E-state index < -0.39 is 23.6 Å². The van der Waals surface area contributed by atoms with E-state index >= 15 is 0 Å². The van der Waals surface area contributed by atoms with Gasteiger partial charge in [0.15, 0.2) is 6.10 Å². The van der Waals surface area contributed by atoms with Crippen molar-refractivity contribution in [2.75, 3.05) is 26.9 Å². The van der Waals surface area contributed by atoms with Gasteiger partial charge in [0.1, 0.15) is 0 Å². The van der Waals surface area contributed by atoms with E-state index in [2.05, 4.69) is 10.6 Å². The van der Waals surface area contributed by atoms with Crippen molar-refractivity contribution < 1.29 is 24.2 Å². The van der Waals surface area contributed by atoms with Crippen LogP contribution >= 0.6 is 0 Å². The minimum absolute atomic E-state index is 0.0748. The highest BCUT2D eigenvalue weighted by molar-refractivity contribution is 5.77. The first-order valence-electron chi connectivity index (χ1n) is 5.86. The quantitative estimate of drug-likeness (QED) is 0.644. The van der Waals surface area contributed by atoms with Crippen molar-refractivity contribution in [2.45, 2.75) is 31.4 Å². The SMILES string of the molecule is COC(CNC(=O)NC1(C)CCCOC1)C(=O)O. The molecule has 0 bridgehead atoms. The maximum atomic E-state index is 11.6. The Labute approximate surface area is 106 Å². The number of methoxy groups -OCH3 is 1. The summed E-state index contributed by atoms with van der Waals surface area (Å²) < 4.78 is 10.0. The molecule has 1 aliphatic heterocycles. The number of carbonyl (C=O) groups excluding carboxylic acids is 1. The molecule has 18 heavy (non-hydrogen) atoms. The first-order valence-corrected chi connectivity index (χ1v) is 5.86. The Balaban J connectivity index is 2.34. The summed E-state index contributed by atoms with van der Waals surface area (Å²) in [5.41, 5.74) is -0.395. The largest absolute Gasteiger partial charge is 0.479 e. The molecule has 7 heteroatoms. The first kappa shape index (κ1) is 14.7. The van der Waals surface area contributed by atoms with Gasteiger partial charge in [0, 0.05) is 13.7 Å². The first-order chi connectivity index (χ1) is 8.47.